The van der Waals surface area contributed by atoms with Crippen LogP contribution in [0.3, 0.4) is 0 Å². The van der Waals surface area contributed by atoms with Gasteiger partial charge in [-0.25, -0.2) is 13.1 Å². The Morgan fingerprint density at radius 1 is 1.37 bits per heavy atom. The van der Waals surface area contributed by atoms with Crippen LogP contribution in [0.4, 0.5) is 11.4 Å². The number of hydrogen-bond donors (Lipinski definition) is 3. The molecule has 6 heteroatoms. The molecule has 0 amide bonds. The number of hydrogen-bond acceptors (Lipinski definition) is 4. The topological polar surface area (TPSA) is 84.2 Å². The standard InChI is InChI=1S/C13H21N3O2S/c1-3-16-19(17,18)10-4-5-11(14)12(8-10)15-9-13(2)6-7-13/h4-5,8,15-16H,3,6-7,9,14H2,1-2H3. The summed E-state index contributed by atoms with van der Waals surface area (Å²) < 4.78 is 26.3. The molecule has 4 N–H and O–H groups in total. The van der Waals surface area contributed by atoms with Gasteiger partial charge in [0.15, 0.2) is 0 Å². The largest absolute Gasteiger partial charge is 0.397 e. The van der Waals surface area contributed by atoms with Crippen LogP contribution in [0.5, 0.6) is 0 Å². The molecule has 0 aromatic heterocycles. The van der Waals surface area contributed by atoms with Crippen molar-refractivity contribution in [3.8, 4) is 0 Å². The van der Waals surface area contributed by atoms with E-state index < -0.39 is 10.0 Å². The number of nitrogens with one attached hydrogen (secondary N) is 2. The molecule has 0 spiro atoms. The van der Waals surface area contributed by atoms with E-state index in [2.05, 4.69) is 17.0 Å². The predicted molar refractivity (Wildman–Crippen MR) is 77.5 cm³/mol. The summed E-state index contributed by atoms with van der Waals surface area (Å²) in [5.41, 5.74) is 7.47. The summed E-state index contributed by atoms with van der Waals surface area (Å²) in [6, 6.07) is 4.75. The molecule has 1 aliphatic carbocycles. The van der Waals surface area contributed by atoms with Gasteiger partial charge in [-0.3, -0.25) is 0 Å². The van der Waals surface area contributed by atoms with Crippen molar-refractivity contribution < 1.29 is 8.42 Å². The molecule has 1 fully saturated rings. The quantitative estimate of drug-likeness (QED) is 0.695. The van der Waals surface area contributed by atoms with Gasteiger partial charge in [-0.05, 0) is 36.5 Å². The Labute approximate surface area is 114 Å². The molecule has 2 rings (SSSR count). The summed E-state index contributed by atoms with van der Waals surface area (Å²) in [5.74, 6) is 0. The minimum atomic E-state index is -3.43. The molecule has 19 heavy (non-hydrogen) atoms. The average Bonchev–Trinajstić information content (AvgIpc) is 3.06. The Balaban J connectivity index is 2.19. The van der Waals surface area contributed by atoms with Crippen LogP contribution < -0.4 is 15.8 Å². The maximum atomic E-state index is 11.9. The van der Waals surface area contributed by atoms with E-state index in [4.69, 9.17) is 5.73 Å². The maximum Gasteiger partial charge on any atom is 0.240 e. The van der Waals surface area contributed by atoms with Gasteiger partial charge in [0.2, 0.25) is 10.0 Å². The van der Waals surface area contributed by atoms with Crippen LogP contribution in [0.25, 0.3) is 0 Å². The van der Waals surface area contributed by atoms with Crippen molar-refractivity contribution in [1.82, 2.24) is 4.72 Å². The van der Waals surface area contributed by atoms with Gasteiger partial charge in [-0.15, -0.1) is 0 Å². The summed E-state index contributed by atoms with van der Waals surface area (Å²) in [4.78, 5) is 0.243. The van der Waals surface area contributed by atoms with E-state index >= 15 is 0 Å². The smallest absolute Gasteiger partial charge is 0.240 e. The second-order valence-corrected chi connectivity index (χ2v) is 7.18. The van der Waals surface area contributed by atoms with Gasteiger partial charge in [0, 0.05) is 13.1 Å². The fourth-order valence-electron chi connectivity index (χ4n) is 1.83. The Hall–Kier alpha value is -1.27. The average molecular weight is 283 g/mol. The van der Waals surface area contributed by atoms with Crippen molar-refractivity contribution in [1.29, 1.82) is 0 Å². The van der Waals surface area contributed by atoms with Crippen molar-refractivity contribution in [2.24, 2.45) is 5.41 Å². The van der Waals surface area contributed by atoms with Crippen molar-refractivity contribution in [2.45, 2.75) is 31.6 Å². The molecule has 106 valence electrons. The van der Waals surface area contributed by atoms with E-state index in [9.17, 15) is 8.42 Å². The van der Waals surface area contributed by atoms with Gasteiger partial charge in [0.1, 0.15) is 0 Å². The third-order valence-electron chi connectivity index (χ3n) is 3.48. The highest BCUT2D eigenvalue weighted by Gasteiger charge is 2.36. The molecule has 0 heterocycles. The lowest BCUT2D eigenvalue weighted by molar-refractivity contribution is 0.584. The first-order valence-electron chi connectivity index (χ1n) is 6.49. The molecule has 0 unspecified atom stereocenters. The van der Waals surface area contributed by atoms with Crippen LogP contribution in [0.1, 0.15) is 26.7 Å². The Morgan fingerprint density at radius 3 is 2.63 bits per heavy atom. The lowest BCUT2D eigenvalue weighted by Gasteiger charge is -2.14. The lowest BCUT2D eigenvalue weighted by Crippen LogP contribution is -2.23. The molecule has 0 aliphatic heterocycles. The highest BCUT2D eigenvalue weighted by Crippen LogP contribution is 2.45. The highest BCUT2D eigenvalue weighted by atomic mass is 32.2. The summed E-state index contributed by atoms with van der Waals surface area (Å²) in [6.45, 7) is 5.15. The van der Waals surface area contributed by atoms with E-state index in [-0.39, 0.29) is 4.90 Å². The van der Waals surface area contributed by atoms with Crippen LogP contribution in [0, 0.1) is 5.41 Å². The maximum absolute atomic E-state index is 11.9. The van der Waals surface area contributed by atoms with E-state index in [0.717, 1.165) is 6.54 Å². The zero-order chi connectivity index (χ0) is 14.1. The number of nitrogens with two attached hydrogens (primary N) is 1. The third-order valence-corrected chi connectivity index (χ3v) is 5.02. The summed E-state index contributed by atoms with van der Waals surface area (Å²) in [6.07, 6.45) is 2.41. The van der Waals surface area contributed by atoms with Crippen LogP contribution in [0.15, 0.2) is 23.1 Å². The van der Waals surface area contributed by atoms with Gasteiger partial charge >= 0.3 is 0 Å². The number of benzene rings is 1. The van der Waals surface area contributed by atoms with E-state index in [1.807, 2.05) is 0 Å². The minimum absolute atomic E-state index is 0.243. The summed E-state index contributed by atoms with van der Waals surface area (Å²) >= 11 is 0. The third kappa shape index (κ3) is 3.39. The predicted octanol–water partition coefficient (Wildman–Crippen LogP) is 1.78. The SMILES string of the molecule is CCNS(=O)(=O)c1ccc(N)c(NCC2(C)CC2)c1. The van der Waals surface area contributed by atoms with E-state index in [1.165, 1.54) is 18.9 Å². The summed E-state index contributed by atoms with van der Waals surface area (Å²) in [5, 5.41) is 3.25. The number of nitrogen functional groups attached to an aromatic ring is 1. The lowest BCUT2D eigenvalue weighted by atomic mass is 10.1. The monoisotopic (exact) mass is 283 g/mol. The molecule has 0 radical (unpaired) electrons. The Morgan fingerprint density at radius 2 is 2.05 bits per heavy atom. The van der Waals surface area contributed by atoms with Crippen LogP contribution in [0.2, 0.25) is 0 Å². The molecule has 0 saturated heterocycles. The normalized spacial score (nSPS) is 17.2. The number of rotatable bonds is 6. The fraction of sp³-hybridized carbons (Fsp3) is 0.538. The first kappa shape index (κ1) is 14.1. The van der Waals surface area contributed by atoms with Crippen LogP contribution in [-0.2, 0) is 10.0 Å². The van der Waals surface area contributed by atoms with Crippen molar-refractivity contribution >= 4 is 21.4 Å². The Kier molecular flexibility index (Phi) is 3.73. The molecule has 1 aromatic rings. The van der Waals surface area contributed by atoms with E-state index in [1.54, 1.807) is 19.1 Å². The Bertz CT molecular complexity index is 565. The number of sulfonamides is 1. The van der Waals surface area contributed by atoms with Gasteiger partial charge in [-0.2, -0.15) is 0 Å². The molecule has 0 bridgehead atoms. The van der Waals surface area contributed by atoms with Gasteiger partial charge < -0.3 is 11.1 Å². The second kappa shape index (κ2) is 5.02. The van der Waals surface area contributed by atoms with E-state index in [0.29, 0.717) is 23.3 Å². The zero-order valence-electron chi connectivity index (χ0n) is 11.4. The molecule has 0 atom stereocenters. The molecule has 1 aromatic carbocycles. The molecular weight excluding hydrogens is 262 g/mol. The van der Waals surface area contributed by atoms with Gasteiger partial charge in [-0.1, -0.05) is 13.8 Å². The van der Waals surface area contributed by atoms with Crippen LogP contribution >= 0.6 is 0 Å². The molecule has 1 saturated carbocycles. The molecule has 5 nitrogen and oxygen atoms in total. The van der Waals surface area contributed by atoms with Crippen molar-refractivity contribution in [2.75, 3.05) is 24.1 Å². The van der Waals surface area contributed by atoms with Gasteiger partial charge in [0.05, 0.1) is 16.3 Å². The fourth-order valence-corrected chi connectivity index (χ4v) is 2.89. The zero-order valence-corrected chi connectivity index (χ0v) is 12.2. The number of anilines is 2. The van der Waals surface area contributed by atoms with Crippen molar-refractivity contribution in [3.63, 3.8) is 0 Å². The molecule has 1 aliphatic rings. The van der Waals surface area contributed by atoms with Gasteiger partial charge in [0.25, 0.3) is 0 Å². The summed E-state index contributed by atoms with van der Waals surface area (Å²) in [7, 11) is -3.43. The van der Waals surface area contributed by atoms with Crippen molar-refractivity contribution in [3.05, 3.63) is 18.2 Å². The van der Waals surface area contributed by atoms with Crippen LogP contribution in [-0.4, -0.2) is 21.5 Å². The first-order chi connectivity index (χ1) is 8.86. The highest BCUT2D eigenvalue weighted by molar-refractivity contribution is 7.89. The molecular formula is C13H21N3O2S. The first-order valence-corrected chi connectivity index (χ1v) is 7.98. The second-order valence-electron chi connectivity index (χ2n) is 5.41. The minimum Gasteiger partial charge on any atom is -0.397 e.